The lowest BCUT2D eigenvalue weighted by Gasteiger charge is -2.36. The molecule has 98 valence electrons. The van der Waals surface area contributed by atoms with Gasteiger partial charge in [0.15, 0.2) is 5.60 Å². The summed E-state index contributed by atoms with van der Waals surface area (Å²) in [4.78, 5) is 12.7. The van der Waals surface area contributed by atoms with Gasteiger partial charge in [0, 0.05) is 0 Å². The van der Waals surface area contributed by atoms with E-state index in [0.29, 0.717) is 0 Å². The van der Waals surface area contributed by atoms with E-state index in [4.69, 9.17) is 4.74 Å². The van der Waals surface area contributed by atoms with Crippen molar-refractivity contribution in [3.05, 3.63) is 28.8 Å². The van der Waals surface area contributed by atoms with Gasteiger partial charge in [-0.3, -0.25) is 4.79 Å². The average molecular weight is 265 g/mol. The summed E-state index contributed by atoms with van der Waals surface area (Å²) < 4.78 is 6.09. The van der Waals surface area contributed by atoms with Gasteiger partial charge in [-0.15, -0.1) is 0 Å². The van der Waals surface area contributed by atoms with Crippen LogP contribution >= 0.6 is 0 Å². The molecule has 0 amide bonds. The van der Waals surface area contributed by atoms with E-state index < -0.39 is 5.60 Å². The molecule has 0 N–H and O–H groups in total. The first-order valence-corrected chi connectivity index (χ1v) is 8.25. The van der Waals surface area contributed by atoms with Crippen molar-refractivity contribution in [1.82, 2.24) is 0 Å². The Kier molecular flexibility index (Phi) is 3.22. The fraction of sp³-hybridized carbons (Fsp3) is 0.533. The third-order valence-electron chi connectivity index (χ3n) is 3.58. The number of carbonyl (C=O) groups is 1. The molecule has 1 aromatic rings. The van der Waals surface area contributed by atoms with Crippen LogP contribution in [0.4, 0.5) is 0 Å². The molecule has 0 saturated carbocycles. The average Bonchev–Trinajstić information content (AvgIpc) is 2.19. The molecule has 18 heavy (non-hydrogen) atoms. The third-order valence-corrected chi connectivity index (χ3v) is 5.30. The number of carbonyl (C=O) groups excluding carboxylic acids is 1. The lowest BCUT2D eigenvalue weighted by molar-refractivity contribution is 0.0652. The number of Topliss-reactive ketones (excluding diaryl/α,β-unsaturated/α-hetero) is 1. The summed E-state index contributed by atoms with van der Waals surface area (Å²) in [6, 6.07) is 3.96. The largest absolute Gasteiger partial charge is 0.481 e. The summed E-state index contributed by atoms with van der Waals surface area (Å²) in [5.41, 5.74) is 2.65. The minimum atomic E-state index is -0.418. The highest BCUT2D eigenvalue weighted by Gasteiger charge is 2.50. The molecule has 0 saturated heterocycles. The van der Waals surface area contributed by atoms with E-state index in [9.17, 15) is 4.79 Å². The quantitative estimate of drug-likeness (QED) is 0.730. The summed E-state index contributed by atoms with van der Waals surface area (Å²) in [5.74, 6) is 0.979. The van der Waals surface area contributed by atoms with Crippen LogP contribution in [0.2, 0.25) is 0 Å². The molecule has 0 aromatic heterocycles. The zero-order valence-electron chi connectivity index (χ0n) is 12.0. The molecule has 1 aliphatic heterocycles. The number of hydrogen-bond acceptors (Lipinski definition) is 2. The normalized spacial score (nSPS) is 21.7. The Morgan fingerprint density at radius 3 is 2.28 bits per heavy atom. The Bertz CT molecular complexity index is 503. The Hall–Kier alpha value is -0.960. The summed E-state index contributed by atoms with van der Waals surface area (Å²) >= 11 is 0. The number of rotatable bonds is 1. The van der Waals surface area contributed by atoms with Crippen LogP contribution < -0.4 is 4.74 Å². The van der Waals surface area contributed by atoms with Crippen LogP contribution in [-0.2, 0) is 10.9 Å². The van der Waals surface area contributed by atoms with Gasteiger partial charge >= 0.3 is 0 Å². The number of hydrogen-bond donors (Lipinski definition) is 0. The molecular formula is C15H21O2S+. The first kappa shape index (κ1) is 13.5. The predicted molar refractivity (Wildman–Crippen MR) is 78.0 cm³/mol. The molecule has 0 aliphatic carbocycles. The van der Waals surface area contributed by atoms with Gasteiger partial charge in [-0.2, -0.15) is 0 Å². The maximum atomic E-state index is 12.7. The van der Waals surface area contributed by atoms with Gasteiger partial charge < -0.3 is 4.74 Å². The zero-order valence-corrected chi connectivity index (χ0v) is 12.8. The molecule has 1 atom stereocenters. The lowest BCUT2D eigenvalue weighted by Crippen LogP contribution is -2.53. The van der Waals surface area contributed by atoms with E-state index in [-0.39, 0.29) is 21.9 Å². The lowest BCUT2D eigenvalue weighted by atomic mass is 9.90. The Balaban J connectivity index is 2.58. The molecule has 1 aliphatic rings. The van der Waals surface area contributed by atoms with Crippen molar-refractivity contribution in [2.75, 3.05) is 12.5 Å². The van der Waals surface area contributed by atoms with Crippen LogP contribution in [-0.4, -0.2) is 29.1 Å². The van der Waals surface area contributed by atoms with Gasteiger partial charge in [-0.05, 0) is 61.8 Å². The van der Waals surface area contributed by atoms with Crippen molar-refractivity contribution >= 4 is 16.7 Å². The highest BCUT2D eigenvalue weighted by atomic mass is 32.2. The molecule has 0 fully saturated rings. The number of ether oxygens (including phenoxy) is 1. The first-order chi connectivity index (χ1) is 8.24. The van der Waals surface area contributed by atoms with Crippen LogP contribution in [0, 0.1) is 13.8 Å². The Labute approximate surface area is 112 Å². The third kappa shape index (κ3) is 2.05. The molecule has 2 nitrogen and oxygen atoms in total. The van der Waals surface area contributed by atoms with E-state index in [1.165, 1.54) is 5.56 Å². The van der Waals surface area contributed by atoms with Crippen molar-refractivity contribution in [3.63, 3.8) is 0 Å². The first-order valence-electron chi connectivity index (χ1n) is 6.15. The van der Waals surface area contributed by atoms with Crippen molar-refractivity contribution in [2.24, 2.45) is 0 Å². The van der Waals surface area contributed by atoms with Crippen molar-refractivity contribution < 1.29 is 9.53 Å². The number of aryl methyl sites for hydroxylation is 2. The van der Waals surface area contributed by atoms with Crippen LogP contribution in [0.1, 0.15) is 35.3 Å². The molecule has 1 heterocycles. The maximum Gasteiger partial charge on any atom is 0.222 e. The van der Waals surface area contributed by atoms with E-state index in [0.717, 1.165) is 16.9 Å². The van der Waals surface area contributed by atoms with Crippen LogP contribution in [0.3, 0.4) is 0 Å². The second-order valence-corrected chi connectivity index (χ2v) is 7.99. The van der Waals surface area contributed by atoms with Crippen molar-refractivity contribution in [3.8, 4) is 5.75 Å². The van der Waals surface area contributed by atoms with Gasteiger partial charge in [0.05, 0.1) is 18.1 Å². The van der Waals surface area contributed by atoms with Gasteiger partial charge in [0.1, 0.15) is 5.75 Å². The van der Waals surface area contributed by atoms with Gasteiger partial charge in [-0.25, -0.2) is 0 Å². The van der Waals surface area contributed by atoms with Crippen molar-refractivity contribution in [2.45, 2.75) is 38.5 Å². The number of benzene rings is 1. The summed E-state index contributed by atoms with van der Waals surface area (Å²) in [7, 11) is 0.00468. The summed E-state index contributed by atoms with van der Waals surface area (Å²) in [6.07, 6.45) is 4.22. The fourth-order valence-corrected chi connectivity index (χ4v) is 4.38. The minimum Gasteiger partial charge on any atom is -0.481 e. The number of ketones is 1. The van der Waals surface area contributed by atoms with E-state index in [1.54, 1.807) is 0 Å². The Morgan fingerprint density at radius 2 is 1.72 bits per heavy atom. The van der Waals surface area contributed by atoms with Gasteiger partial charge in [-0.1, -0.05) is 0 Å². The molecule has 0 spiro atoms. The van der Waals surface area contributed by atoms with E-state index in [2.05, 4.69) is 12.5 Å². The predicted octanol–water partition coefficient (Wildman–Crippen LogP) is 2.90. The fourth-order valence-electron chi connectivity index (χ4n) is 2.64. The van der Waals surface area contributed by atoms with E-state index in [1.807, 2.05) is 39.8 Å². The van der Waals surface area contributed by atoms with E-state index >= 15 is 0 Å². The second kappa shape index (κ2) is 4.30. The minimum absolute atomic E-state index is 0.00468. The van der Waals surface area contributed by atoms with Gasteiger partial charge in [0.2, 0.25) is 11.0 Å². The topological polar surface area (TPSA) is 26.3 Å². The molecule has 0 radical (unpaired) electrons. The number of fused-ring (bicyclic) bond motifs is 1. The monoisotopic (exact) mass is 265 g/mol. The zero-order chi connectivity index (χ0) is 13.7. The van der Waals surface area contributed by atoms with Gasteiger partial charge in [0.25, 0.3) is 0 Å². The summed E-state index contributed by atoms with van der Waals surface area (Å²) in [6.45, 7) is 8.11. The van der Waals surface area contributed by atoms with Crippen LogP contribution in [0.15, 0.2) is 12.1 Å². The Morgan fingerprint density at radius 1 is 1.17 bits per heavy atom. The molecule has 1 unspecified atom stereocenters. The van der Waals surface area contributed by atoms with Crippen molar-refractivity contribution in [1.29, 1.82) is 0 Å². The van der Waals surface area contributed by atoms with Crippen LogP contribution in [0.5, 0.6) is 5.75 Å². The smallest absolute Gasteiger partial charge is 0.222 e. The molecule has 2 rings (SSSR count). The standard InChI is InChI=1S/C15H21O2S/c1-9-7-11-12(8-10(9)2)17-15(3,4)14(13(11)16)18(5)6/h7-8,14H,1-6H3/q+1. The summed E-state index contributed by atoms with van der Waals surface area (Å²) in [5, 5.41) is -0.0490. The second-order valence-electron chi connectivity index (χ2n) is 5.76. The molecule has 3 heteroatoms. The highest BCUT2D eigenvalue weighted by molar-refractivity contribution is 7.96. The van der Waals surface area contributed by atoms with Crippen LogP contribution in [0.25, 0.3) is 0 Å². The SMILES string of the molecule is Cc1cc2c(cc1C)C(=O)C([S+](C)C)C(C)(C)O2. The molecular weight excluding hydrogens is 244 g/mol. The highest BCUT2D eigenvalue weighted by Crippen LogP contribution is 2.37. The molecule has 0 bridgehead atoms. The maximum absolute atomic E-state index is 12.7. The molecule has 1 aromatic carbocycles.